The molecule has 0 aliphatic heterocycles. The minimum Gasteiger partial charge on any atom is -0.508 e. The number of rotatable bonds is 2. The molecule has 0 heterocycles. The predicted molar refractivity (Wildman–Crippen MR) is 56.6 cm³/mol. The lowest BCUT2D eigenvalue weighted by molar-refractivity contribution is -0.291. The van der Waals surface area contributed by atoms with E-state index in [1.54, 1.807) is 0 Å². The van der Waals surface area contributed by atoms with Crippen LogP contribution in [0, 0.1) is 0 Å². The normalized spacial score (nSPS) is 13.8. The second-order valence-corrected chi connectivity index (χ2v) is 3.50. The number of hydrogen-bond donors (Lipinski definition) is 4. The van der Waals surface area contributed by atoms with Crippen molar-refractivity contribution in [2.24, 2.45) is 5.73 Å². The first kappa shape index (κ1) is 17.5. The van der Waals surface area contributed by atoms with Gasteiger partial charge in [-0.05, 0) is 0 Å². The van der Waals surface area contributed by atoms with Crippen LogP contribution < -0.4 is 5.73 Å². The standard InChI is InChI=1S/C9H8F5NO3.ClH/c10-8(11,9(12,13)14)7(15)6-4(17)1-3(16)2-5(6)18;/h1-2,7,16-18H,15H2;1H/t7-;/m0./s1. The zero-order valence-electron chi connectivity index (χ0n) is 8.95. The van der Waals surface area contributed by atoms with Crippen LogP contribution in [0.25, 0.3) is 0 Å². The third-order valence-electron chi connectivity index (χ3n) is 2.20. The third kappa shape index (κ3) is 3.10. The highest BCUT2D eigenvalue weighted by molar-refractivity contribution is 5.85. The number of nitrogens with two attached hydrogens (primary N) is 1. The Morgan fingerprint density at radius 3 is 1.63 bits per heavy atom. The van der Waals surface area contributed by atoms with E-state index in [9.17, 15) is 32.2 Å². The molecule has 0 bridgehead atoms. The van der Waals surface area contributed by atoms with E-state index in [0.717, 1.165) is 0 Å². The Labute approximate surface area is 109 Å². The van der Waals surface area contributed by atoms with Crippen LogP contribution in [0.5, 0.6) is 17.2 Å². The monoisotopic (exact) mass is 309 g/mol. The summed E-state index contributed by atoms with van der Waals surface area (Å²) in [6.07, 6.45) is -5.94. The van der Waals surface area contributed by atoms with Gasteiger partial charge in [0.2, 0.25) is 0 Å². The van der Waals surface area contributed by atoms with Gasteiger partial charge in [-0.25, -0.2) is 0 Å². The number of phenolic OH excluding ortho intramolecular Hbond substituents is 3. The van der Waals surface area contributed by atoms with Gasteiger partial charge in [-0.1, -0.05) is 0 Å². The highest BCUT2D eigenvalue weighted by Gasteiger charge is 2.62. The van der Waals surface area contributed by atoms with Crippen LogP contribution in [0.2, 0.25) is 0 Å². The Morgan fingerprint density at radius 1 is 0.947 bits per heavy atom. The molecule has 0 saturated carbocycles. The van der Waals surface area contributed by atoms with Crippen molar-refractivity contribution in [1.29, 1.82) is 0 Å². The second-order valence-electron chi connectivity index (χ2n) is 3.50. The van der Waals surface area contributed by atoms with E-state index in [0.29, 0.717) is 12.1 Å². The summed E-state index contributed by atoms with van der Waals surface area (Å²) in [6.45, 7) is 0. The van der Waals surface area contributed by atoms with Crippen molar-refractivity contribution in [3.63, 3.8) is 0 Å². The van der Waals surface area contributed by atoms with Crippen molar-refractivity contribution in [1.82, 2.24) is 0 Å². The summed E-state index contributed by atoms with van der Waals surface area (Å²) in [5.41, 5.74) is 3.54. The second kappa shape index (κ2) is 5.25. The molecule has 0 aliphatic rings. The van der Waals surface area contributed by atoms with E-state index in [1.165, 1.54) is 0 Å². The van der Waals surface area contributed by atoms with Crippen molar-refractivity contribution in [2.75, 3.05) is 0 Å². The van der Waals surface area contributed by atoms with Crippen molar-refractivity contribution < 1.29 is 37.3 Å². The fourth-order valence-corrected chi connectivity index (χ4v) is 1.28. The first-order chi connectivity index (χ1) is 7.98. The van der Waals surface area contributed by atoms with Gasteiger partial charge in [-0.3, -0.25) is 0 Å². The lowest BCUT2D eigenvalue weighted by atomic mass is 9.98. The van der Waals surface area contributed by atoms with Crippen LogP contribution in [0.3, 0.4) is 0 Å². The van der Waals surface area contributed by atoms with Gasteiger partial charge in [0.15, 0.2) is 0 Å². The van der Waals surface area contributed by atoms with E-state index >= 15 is 0 Å². The molecule has 4 nitrogen and oxygen atoms in total. The Hall–Kier alpha value is -1.48. The highest BCUT2D eigenvalue weighted by Crippen LogP contribution is 2.48. The molecule has 0 amide bonds. The minimum atomic E-state index is -5.94. The molecule has 10 heteroatoms. The van der Waals surface area contributed by atoms with Crippen LogP contribution in [0.15, 0.2) is 12.1 Å². The molecule has 0 saturated heterocycles. The van der Waals surface area contributed by atoms with Crippen LogP contribution in [0.4, 0.5) is 22.0 Å². The number of aromatic hydroxyl groups is 3. The van der Waals surface area contributed by atoms with Crippen LogP contribution in [-0.4, -0.2) is 27.4 Å². The lowest BCUT2D eigenvalue weighted by Crippen LogP contribution is -2.45. The first-order valence-electron chi connectivity index (χ1n) is 4.43. The molecule has 0 radical (unpaired) electrons. The Kier molecular flexibility index (Phi) is 4.84. The average molecular weight is 310 g/mol. The van der Waals surface area contributed by atoms with E-state index in [4.69, 9.17) is 10.8 Å². The lowest BCUT2D eigenvalue weighted by Gasteiger charge is -2.26. The molecule has 0 fully saturated rings. The molecule has 1 aromatic rings. The predicted octanol–water partition coefficient (Wildman–Crippen LogP) is 2.42. The quantitative estimate of drug-likeness (QED) is 0.632. The number of halogens is 6. The molecule has 1 aromatic carbocycles. The molecular weight excluding hydrogens is 301 g/mol. The van der Waals surface area contributed by atoms with E-state index in [2.05, 4.69) is 0 Å². The van der Waals surface area contributed by atoms with Gasteiger partial charge in [0.05, 0.1) is 5.56 Å². The fraction of sp³-hybridized carbons (Fsp3) is 0.333. The van der Waals surface area contributed by atoms with Gasteiger partial charge in [-0.15, -0.1) is 12.4 Å². The largest absolute Gasteiger partial charge is 0.508 e. The zero-order chi connectivity index (χ0) is 14.3. The molecule has 0 aromatic heterocycles. The summed E-state index contributed by atoms with van der Waals surface area (Å²) in [7, 11) is 0. The molecule has 0 spiro atoms. The Bertz CT molecular complexity index is 443. The summed E-state index contributed by atoms with van der Waals surface area (Å²) >= 11 is 0. The van der Waals surface area contributed by atoms with E-state index < -0.39 is 41.0 Å². The number of phenols is 3. The number of benzene rings is 1. The maximum absolute atomic E-state index is 12.9. The summed E-state index contributed by atoms with van der Waals surface area (Å²) in [5.74, 6) is -8.39. The first-order valence-corrected chi connectivity index (χ1v) is 4.43. The van der Waals surface area contributed by atoms with Gasteiger partial charge in [0.25, 0.3) is 0 Å². The van der Waals surface area contributed by atoms with Gasteiger partial charge >= 0.3 is 12.1 Å². The van der Waals surface area contributed by atoms with Gasteiger partial charge < -0.3 is 21.1 Å². The minimum absolute atomic E-state index is 0. The third-order valence-corrected chi connectivity index (χ3v) is 2.20. The smallest absolute Gasteiger partial charge is 0.455 e. The van der Waals surface area contributed by atoms with Crippen molar-refractivity contribution in [3.8, 4) is 17.2 Å². The molecule has 110 valence electrons. The number of alkyl halides is 5. The maximum atomic E-state index is 12.9. The zero-order valence-corrected chi connectivity index (χ0v) is 9.77. The van der Waals surface area contributed by atoms with E-state index in [-0.39, 0.29) is 12.4 Å². The van der Waals surface area contributed by atoms with Crippen molar-refractivity contribution in [3.05, 3.63) is 17.7 Å². The van der Waals surface area contributed by atoms with Crippen LogP contribution >= 0.6 is 12.4 Å². The SMILES string of the molecule is Cl.N[C@@H](c1c(O)cc(O)cc1O)C(F)(F)C(F)(F)F. The molecule has 19 heavy (non-hydrogen) atoms. The Balaban J connectivity index is 0.00000324. The molecule has 5 N–H and O–H groups in total. The summed E-state index contributed by atoms with van der Waals surface area (Å²) < 4.78 is 62.1. The fourth-order valence-electron chi connectivity index (χ4n) is 1.28. The molecular formula is C9H9ClF5NO3. The summed E-state index contributed by atoms with van der Waals surface area (Å²) in [4.78, 5) is 0. The highest BCUT2D eigenvalue weighted by atomic mass is 35.5. The van der Waals surface area contributed by atoms with Gasteiger partial charge in [-0.2, -0.15) is 22.0 Å². The van der Waals surface area contributed by atoms with Gasteiger partial charge in [0, 0.05) is 12.1 Å². The van der Waals surface area contributed by atoms with Crippen LogP contribution in [-0.2, 0) is 0 Å². The molecule has 0 unspecified atom stereocenters. The van der Waals surface area contributed by atoms with E-state index in [1.807, 2.05) is 0 Å². The topological polar surface area (TPSA) is 86.7 Å². The summed E-state index contributed by atoms with van der Waals surface area (Å²) in [6, 6.07) is -2.03. The van der Waals surface area contributed by atoms with Gasteiger partial charge in [0.1, 0.15) is 23.3 Å². The number of hydrogen-bond acceptors (Lipinski definition) is 4. The molecule has 1 rings (SSSR count). The van der Waals surface area contributed by atoms with Crippen molar-refractivity contribution in [2.45, 2.75) is 18.1 Å². The average Bonchev–Trinajstić information content (AvgIpc) is 2.13. The summed E-state index contributed by atoms with van der Waals surface area (Å²) in [5, 5.41) is 27.2. The molecule has 0 aliphatic carbocycles. The molecule has 1 atom stereocenters. The van der Waals surface area contributed by atoms with Crippen LogP contribution in [0.1, 0.15) is 11.6 Å². The maximum Gasteiger partial charge on any atom is 0.455 e. The van der Waals surface area contributed by atoms with Crippen molar-refractivity contribution >= 4 is 12.4 Å². The Morgan fingerprint density at radius 2 is 1.32 bits per heavy atom.